The van der Waals surface area contributed by atoms with Crippen molar-refractivity contribution in [3.63, 3.8) is 0 Å². The van der Waals surface area contributed by atoms with E-state index in [9.17, 15) is 9.18 Å². The van der Waals surface area contributed by atoms with Crippen molar-refractivity contribution in [2.45, 2.75) is 26.4 Å². The van der Waals surface area contributed by atoms with Crippen LogP contribution in [-0.2, 0) is 11.3 Å². The van der Waals surface area contributed by atoms with E-state index in [1.165, 1.54) is 6.07 Å². The Morgan fingerprint density at radius 1 is 1.55 bits per heavy atom. The van der Waals surface area contributed by atoms with Gasteiger partial charge >= 0.3 is 0 Å². The Morgan fingerprint density at radius 3 is 3.05 bits per heavy atom. The van der Waals surface area contributed by atoms with E-state index in [4.69, 9.17) is 0 Å². The van der Waals surface area contributed by atoms with Gasteiger partial charge in [0.15, 0.2) is 0 Å². The number of benzene rings is 1. The SMILES string of the molecule is Cc1ccc(CNC(=O)CN2CCN[C@@H](C)C2)cc1F. The molecule has 0 saturated carbocycles. The molecule has 4 nitrogen and oxygen atoms in total. The van der Waals surface area contributed by atoms with Gasteiger partial charge in [0.1, 0.15) is 5.82 Å². The summed E-state index contributed by atoms with van der Waals surface area (Å²) in [4.78, 5) is 14.0. The number of piperazine rings is 1. The van der Waals surface area contributed by atoms with Gasteiger partial charge in [-0.1, -0.05) is 12.1 Å². The first-order valence-corrected chi connectivity index (χ1v) is 7.02. The molecule has 1 amide bonds. The van der Waals surface area contributed by atoms with Crippen LogP contribution < -0.4 is 10.6 Å². The fourth-order valence-electron chi connectivity index (χ4n) is 2.36. The number of nitrogens with zero attached hydrogens (tertiary/aromatic N) is 1. The van der Waals surface area contributed by atoms with E-state index >= 15 is 0 Å². The van der Waals surface area contributed by atoms with Crippen molar-refractivity contribution in [3.8, 4) is 0 Å². The van der Waals surface area contributed by atoms with Gasteiger partial charge in [-0.2, -0.15) is 0 Å². The Labute approximate surface area is 119 Å². The number of carbonyl (C=O) groups is 1. The highest BCUT2D eigenvalue weighted by atomic mass is 19.1. The number of carbonyl (C=O) groups excluding carboxylic acids is 1. The van der Waals surface area contributed by atoms with E-state index in [1.54, 1.807) is 13.0 Å². The number of nitrogens with one attached hydrogen (secondary N) is 2. The Kier molecular flexibility index (Phi) is 5.09. The average molecular weight is 279 g/mol. The number of halogens is 1. The standard InChI is InChI=1S/C15H22FN3O/c1-11-3-4-13(7-14(11)16)8-18-15(20)10-19-6-5-17-12(2)9-19/h3-4,7,12,17H,5-6,8-10H2,1-2H3,(H,18,20)/t12-/m0/s1. The van der Waals surface area contributed by atoms with Gasteiger partial charge in [0.25, 0.3) is 0 Å². The van der Waals surface area contributed by atoms with Crippen molar-refractivity contribution in [2.75, 3.05) is 26.2 Å². The van der Waals surface area contributed by atoms with Crippen LogP contribution in [0.25, 0.3) is 0 Å². The highest BCUT2D eigenvalue weighted by molar-refractivity contribution is 5.78. The molecular formula is C15H22FN3O. The fraction of sp³-hybridized carbons (Fsp3) is 0.533. The summed E-state index contributed by atoms with van der Waals surface area (Å²) in [5, 5.41) is 6.18. The lowest BCUT2D eigenvalue weighted by Gasteiger charge is -2.31. The minimum atomic E-state index is -0.229. The highest BCUT2D eigenvalue weighted by Crippen LogP contribution is 2.08. The van der Waals surface area contributed by atoms with Gasteiger partial charge in [-0.3, -0.25) is 9.69 Å². The molecule has 20 heavy (non-hydrogen) atoms. The fourth-order valence-corrected chi connectivity index (χ4v) is 2.36. The van der Waals surface area contributed by atoms with Crippen molar-refractivity contribution < 1.29 is 9.18 Å². The summed E-state index contributed by atoms with van der Waals surface area (Å²) in [7, 11) is 0. The zero-order valence-electron chi connectivity index (χ0n) is 12.1. The number of rotatable bonds is 4. The van der Waals surface area contributed by atoms with Gasteiger partial charge in [-0.15, -0.1) is 0 Å². The summed E-state index contributed by atoms with van der Waals surface area (Å²) in [5.41, 5.74) is 1.41. The molecule has 0 spiro atoms. The van der Waals surface area contributed by atoms with Crippen molar-refractivity contribution in [3.05, 3.63) is 35.1 Å². The van der Waals surface area contributed by atoms with E-state index in [2.05, 4.69) is 22.5 Å². The van der Waals surface area contributed by atoms with Crippen LogP contribution in [0.15, 0.2) is 18.2 Å². The molecule has 0 unspecified atom stereocenters. The second-order valence-corrected chi connectivity index (χ2v) is 5.45. The Morgan fingerprint density at radius 2 is 2.35 bits per heavy atom. The summed E-state index contributed by atoms with van der Waals surface area (Å²) in [5.74, 6) is -0.243. The summed E-state index contributed by atoms with van der Waals surface area (Å²) >= 11 is 0. The molecule has 1 saturated heterocycles. The number of aryl methyl sites for hydroxylation is 1. The van der Waals surface area contributed by atoms with Crippen molar-refractivity contribution in [1.29, 1.82) is 0 Å². The second kappa shape index (κ2) is 6.81. The molecule has 0 radical (unpaired) electrons. The number of amides is 1. The van der Waals surface area contributed by atoms with E-state index in [0.29, 0.717) is 24.7 Å². The largest absolute Gasteiger partial charge is 0.351 e. The molecule has 0 bridgehead atoms. The Balaban J connectivity index is 1.78. The van der Waals surface area contributed by atoms with Crippen LogP contribution in [0.1, 0.15) is 18.1 Å². The van der Waals surface area contributed by atoms with Crippen LogP contribution in [0, 0.1) is 12.7 Å². The molecule has 2 rings (SSSR count). The highest BCUT2D eigenvalue weighted by Gasteiger charge is 2.17. The van der Waals surface area contributed by atoms with Crippen molar-refractivity contribution >= 4 is 5.91 Å². The maximum Gasteiger partial charge on any atom is 0.234 e. The first-order chi connectivity index (χ1) is 9.54. The van der Waals surface area contributed by atoms with Crippen LogP contribution >= 0.6 is 0 Å². The summed E-state index contributed by atoms with van der Waals surface area (Å²) in [6.45, 7) is 7.29. The van der Waals surface area contributed by atoms with E-state index in [0.717, 1.165) is 25.2 Å². The van der Waals surface area contributed by atoms with Crippen molar-refractivity contribution in [2.24, 2.45) is 0 Å². The topological polar surface area (TPSA) is 44.4 Å². The van der Waals surface area contributed by atoms with Crippen LogP contribution in [0.4, 0.5) is 4.39 Å². The Bertz CT molecular complexity index is 478. The molecule has 0 aliphatic carbocycles. The Hall–Kier alpha value is -1.46. The van der Waals surface area contributed by atoms with Crippen LogP contribution in [-0.4, -0.2) is 43.0 Å². The maximum atomic E-state index is 13.4. The molecule has 1 fully saturated rings. The van der Waals surface area contributed by atoms with Gasteiger partial charge in [0.05, 0.1) is 6.54 Å². The average Bonchev–Trinajstić information content (AvgIpc) is 2.40. The predicted octanol–water partition coefficient (Wildman–Crippen LogP) is 1.04. The first kappa shape index (κ1) is 14.9. The third-order valence-electron chi connectivity index (χ3n) is 3.55. The lowest BCUT2D eigenvalue weighted by molar-refractivity contribution is -0.122. The molecule has 2 N–H and O–H groups in total. The maximum absolute atomic E-state index is 13.4. The van der Waals surface area contributed by atoms with Gasteiger partial charge in [0.2, 0.25) is 5.91 Å². The summed E-state index contributed by atoms with van der Waals surface area (Å²) < 4.78 is 13.4. The monoisotopic (exact) mass is 279 g/mol. The molecule has 1 atom stereocenters. The molecular weight excluding hydrogens is 257 g/mol. The van der Waals surface area contributed by atoms with Crippen LogP contribution in [0.3, 0.4) is 0 Å². The molecule has 1 aromatic carbocycles. The lowest BCUT2D eigenvalue weighted by Crippen LogP contribution is -2.51. The summed E-state index contributed by atoms with van der Waals surface area (Å²) in [6, 6.07) is 5.46. The third kappa shape index (κ3) is 4.28. The van der Waals surface area contributed by atoms with Gasteiger partial charge in [-0.25, -0.2) is 4.39 Å². The molecule has 1 heterocycles. The van der Waals surface area contributed by atoms with Gasteiger partial charge in [-0.05, 0) is 31.0 Å². The normalized spacial score (nSPS) is 19.9. The van der Waals surface area contributed by atoms with Crippen LogP contribution in [0.5, 0.6) is 0 Å². The number of hydrogen-bond acceptors (Lipinski definition) is 3. The van der Waals surface area contributed by atoms with E-state index in [-0.39, 0.29) is 11.7 Å². The third-order valence-corrected chi connectivity index (χ3v) is 3.55. The molecule has 1 aromatic rings. The van der Waals surface area contributed by atoms with Crippen molar-refractivity contribution in [1.82, 2.24) is 15.5 Å². The van der Waals surface area contributed by atoms with Gasteiger partial charge < -0.3 is 10.6 Å². The van der Waals surface area contributed by atoms with Crippen LogP contribution in [0.2, 0.25) is 0 Å². The smallest absolute Gasteiger partial charge is 0.234 e. The second-order valence-electron chi connectivity index (χ2n) is 5.45. The molecule has 0 aromatic heterocycles. The van der Waals surface area contributed by atoms with E-state index < -0.39 is 0 Å². The molecule has 5 heteroatoms. The first-order valence-electron chi connectivity index (χ1n) is 7.02. The molecule has 1 aliphatic heterocycles. The number of hydrogen-bond donors (Lipinski definition) is 2. The molecule has 110 valence electrons. The van der Waals surface area contributed by atoms with Gasteiger partial charge in [0, 0.05) is 32.2 Å². The summed E-state index contributed by atoms with van der Waals surface area (Å²) in [6.07, 6.45) is 0. The zero-order valence-corrected chi connectivity index (χ0v) is 12.1. The lowest BCUT2D eigenvalue weighted by atomic mass is 10.1. The zero-order chi connectivity index (χ0) is 14.5. The minimum absolute atomic E-state index is 0.0138. The quantitative estimate of drug-likeness (QED) is 0.866. The predicted molar refractivity (Wildman–Crippen MR) is 76.9 cm³/mol. The van der Waals surface area contributed by atoms with E-state index in [1.807, 2.05) is 6.07 Å². The molecule has 1 aliphatic rings. The minimum Gasteiger partial charge on any atom is -0.351 e.